The molecule has 1 aliphatic rings. The van der Waals surface area contributed by atoms with Gasteiger partial charge in [0.15, 0.2) is 0 Å². The standard InChI is InChI=1S/C35H61N3O6/c1-23(2)27(19-26-12-11-25(5)32(20-26)43-18-10-17-42-9)21-30(38-34(41)44-35(6,7)8)31(39)22-29(24(3)4)33(40)37-28-13-15-36-16-14-28/h11-12,20,23-24,27-31,36,39H,10,13-19,21-22H2,1-9H3,(H,37,40)(H,38,41). The lowest BCUT2D eigenvalue weighted by molar-refractivity contribution is -0.128. The molecule has 0 spiro atoms. The molecule has 44 heavy (non-hydrogen) atoms. The highest BCUT2D eigenvalue weighted by atomic mass is 16.6. The number of ether oxygens (including phenoxy) is 3. The van der Waals surface area contributed by atoms with Crippen LogP contribution in [0.2, 0.25) is 0 Å². The first-order valence-electron chi connectivity index (χ1n) is 16.6. The maximum absolute atomic E-state index is 13.4. The summed E-state index contributed by atoms with van der Waals surface area (Å²) in [6, 6.07) is 5.87. The van der Waals surface area contributed by atoms with Crippen LogP contribution >= 0.6 is 0 Å². The van der Waals surface area contributed by atoms with E-state index in [4.69, 9.17) is 14.2 Å². The Hall–Kier alpha value is -2.36. The second-order valence-corrected chi connectivity index (χ2v) is 14.2. The number of alkyl carbamates (subject to hydrolysis) is 1. The van der Waals surface area contributed by atoms with Gasteiger partial charge >= 0.3 is 6.09 Å². The SMILES string of the molecule is COCCCOc1cc(CC(CC(NC(=O)OC(C)(C)C)C(O)CC(C(=O)NC2CCNCC2)C(C)C)C(C)C)ccc1C. The Kier molecular flexibility index (Phi) is 16.0. The molecule has 4 unspecified atom stereocenters. The number of rotatable bonds is 17. The Balaban J connectivity index is 2.23. The first-order valence-corrected chi connectivity index (χ1v) is 16.6. The molecule has 1 fully saturated rings. The highest BCUT2D eigenvalue weighted by Gasteiger charge is 2.34. The molecule has 0 aromatic heterocycles. The van der Waals surface area contributed by atoms with Crippen molar-refractivity contribution in [2.75, 3.05) is 33.4 Å². The molecule has 1 saturated heterocycles. The van der Waals surface area contributed by atoms with E-state index >= 15 is 0 Å². The van der Waals surface area contributed by atoms with Gasteiger partial charge in [0.25, 0.3) is 0 Å². The number of benzene rings is 1. The number of aliphatic hydroxyl groups excluding tert-OH is 1. The molecule has 9 nitrogen and oxygen atoms in total. The fourth-order valence-corrected chi connectivity index (χ4v) is 5.68. The van der Waals surface area contributed by atoms with Crippen molar-refractivity contribution in [2.45, 2.75) is 118 Å². The number of methoxy groups -OCH3 is 1. The van der Waals surface area contributed by atoms with E-state index < -0.39 is 23.8 Å². The van der Waals surface area contributed by atoms with Crippen molar-refractivity contribution in [3.8, 4) is 5.75 Å². The van der Waals surface area contributed by atoms with Crippen molar-refractivity contribution in [1.82, 2.24) is 16.0 Å². The number of carbonyl (C=O) groups is 2. The molecule has 0 saturated carbocycles. The fraction of sp³-hybridized carbons (Fsp3) is 0.771. The van der Waals surface area contributed by atoms with Gasteiger partial charge in [-0.05, 0) is 108 Å². The van der Waals surface area contributed by atoms with E-state index in [1.165, 1.54) is 0 Å². The van der Waals surface area contributed by atoms with Crippen LogP contribution in [0.3, 0.4) is 0 Å². The summed E-state index contributed by atoms with van der Waals surface area (Å²) in [5, 5.41) is 21.2. The van der Waals surface area contributed by atoms with E-state index in [2.05, 4.69) is 48.0 Å². The molecule has 1 aliphatic heterocycles. The van der Waals surface area contributed by atoms with Crippen LogP contribution in [-0.4, -0.2) is 74.3 Å². The zero-order chi connectivity index (χ0) is 32.9. The van der Waals surface area contributed by atoms with E-state index in [0.717, 1.165) is 55.6 Å². The topological polar surface area (TPSA) is 118 Å². The van der Waals surface area contributed by atoms with E-state index in [1.54, 1.807) is 7.11 Å². The number of amides is 2. The summed E-state index contributed by atoms with van der Waals surface area (Å²) >= 11 is 0. The van der Waals surface area contributed by atoms with E-state index in [0.29, 0.717) is 19.6 Å². The Morgan fingerprint density at radius 1 is 1.05 bits per heavy atom. The summed E-state index contributed by atoms with van der Waals surface area (Å²) < 4.78 is 16.8. The van der Waals surface area contributed by atoms with Crippen LogP contribution in [0.4, 0.5) is 4.79 Å². The van der Waals surface area contributed by atoms with Gasteiger partial charge in [-0.2, -0.15) is 0 Å². The Labute approximate surface area is 266 Å². The van der Waals surface area contributed by atoms with Crippen molar-refractivity contribution in [3.63, 3.8) is 0 Å². The molecule has 1 heterocycles. The summed E-state index contributed by atoms with van der Waals surface area (Å²) in [5.74, 6) is 0.917. The van der Waals surface area contributed by atoms with E-state index in [9.17, 15) is 14.7 Å². The van der Waals surface area contributed by atoms with Gasteiger partial charge in [-0.25, -0.2) is 4.79 Å². The van der Waals surface area contributed by atoms with Gasteiger partial charge < -0.3 is 35.3 Å². The molecule has 9 heteroatoms. The van der Waals surface area contributed by atoms with Gasteiger partial charge in [-0.1, -0.05) is 39.8 Å². The van der Waals surface area contributed by atoms with Crippen LogP contribution in [0, 0.1) is 30.6 Å². The lowest BCUT2D eigenvalue weighted by atomic mass is 9.80. The highest BCUT2D eigenvalue weighted by Crippen LogP contribution is 2.29. The Morgan fingerprint density at radius 3 is 2.32 bits per heavy atom. The molecule has 252 valence electrons. The lowest BCUT2D eigenvalue weighted by Crippen LogP contribution is -2.50. The minimum Gasteiger partial charge on any atom is -0.493 e. The minimum absolute atomic E-state index is 0.0277. The highest BCUT2D eigenvalue weighted by molar-refractivity contribution is 5.79. The summed E-state index contributed by atoms with van der Waals surface area (Å²) in [5.41, 5.74) is 1.55. The number of hydrogen-bond acceptors (Lipinski definition) is 7. The number of aliphatic hydroxyl groups is 1. The molecular formula is C35H61N3O6. The van der Waals surface area contributed by atoms with Crippen molar-refractivity contribution in [1.29, 1.82) is 0 Å². The molecule has 1 aromatic rings. The largest absolute Gasteiger partial charge is 0.493 e. The van der Waals surface area contributed by atoms with Crippen molar-refractivity contribution in [2.24, 2.45) is 23.7 Å². The minimum atomic E-state index is -0.923. The Bertz CT molecular complexity index is 1000. The summed E-state index contributed by atoms with van der Waals surface area (Å²) in [6.07, 6.45) is 2.68. The van der Waals surface area contributed by atoms with Crippen LogP contribution < -0.4 is 20.7 Å². The second-order valence-electron chi connectivity index (χ2n) is 14.2. The average molecular weight is 620 g/mol. The number of aryl methyl sites for hydroxylation is 1. The maximum Gasteiger partial charge on any atom is 0.407 e. The van der Waals surface area contributed by atoms with Crippen molar-refractivity contribution in [3.05, 3.63) is 29.3 Å². The number of hydrogen-bond donors (Lipinski definition) is 4. The monoisotopic (exact) mass is 619 g/mol. The van der Waals surface area contributed by atoms with Gasteiger partial charge in [-0.3, -0.25) is 4.79 Å². The predicted molar refractivity (Wildman–Crippen MR) is 176 cm³/mol. The number of piperidine rings is 1. The summed E-state index contributed by atoms with van der Waals surface area (Å²) in [4.78, 5) is 26.4. The van der Waals surface area contributed by atoms with Gasteiger partial charge in [0, 0.05) is 32.1 Å². The third-order valence-corrected chi connectivity index (χ3v) is 8.49. The smallest absolute Gasteiger partial charge is 0.407 e. The zero-order valence-electron chi connectivity index (χ0n) is 28.8. The van der Waals surface area contributed by atoms with Crippen LogP contribution in [0.5, 0.6) is 5.75 Å². The Morgan fingerprint density at radius 2 is 1.73 bits per heavy atom. The molecule has 0 aliphatic carbocycles. The van der Waals surface area contributed by atoms with E-state index in [1.807, 2.05) is 41.5 Å². The van der Waals surface area contributed by atoms with Crippen LogP contribution in [0.1, 0.15) is 91.7 Å². The molecule has 1 aromatic carbocycles. The lowest BCUT2D eigenvalue weighted by Gasteiger charge is -2.34. The van der Waals surface area contributed by atoms with Gasteiger partial charge in [0.2, 0.25) is 5.91 Å². The second kappa shape index (κ2) is 18.6. The molecule has 2 rings (SSSR count). The summed E-state index contributed by atoms with van der Waals surface area (Å²) in [6.45, 7) is 18.9. The van der Waals surface area contributed by atoms with Gasteiger partial charge in [0.05, 0.1) is 18.8 Å². The molecule has 0 bridgehead atoms. The molecule has 4 atom stereocenters. The molecular weight excluding hydrogens is 558 g/mol. The van der Waals surface area contributed by atoms with Crippen molar-refractivity contribution < 1.29 is 28.9 Å². The number of nitrogens with one attached hydrogen (secondary N) is 3. The van der Waals surface area contributed by atoms with Crippen LogP contribution in [-0.2, 0) is 20.7 Å². The van der Waals surface area contributed by atoms with Gasteiger partial charge in [-0.15, -0.1) is 0 Å². The molecule has 2 amide bonds. The van der Waals surface area contributed by atoms with Crippen molar-refractivity contribution >= 4 is 12.0 Å². The first-order chi connectivity index (χ1) is 20.7. The van der Waals surface area contributed by atoms with E-state index in [-0.39, 0.29) is 42.0 Å². The molecule has 4 N–H and O–H groups in total. The predicted octanol–water partition coefficient (Wildman–Crippen LogP) is 5.40. The average Bonchev–Trinajstić information content (AvgIpc) is 2.93. The fourth-order valence-electron chi connectivity index (χ4n) is 5.68. The maximum atomic E-state index is 13.4. The zero-order valence-corrected chi connectivity index (χ0v) is 28.8. The van der Waals surface area contributed by atoms with Crippen LogP contribution in [0.15, 0.2) is 18.2 Å². The summed E-state index contributed by atoms with van der Waals surface area (Å²) in [7, 11) is 1.69. The third-order valence-electron chi connectivity index (χ3n) is 8.49. The quantitative estimate of drug-likeness (QED) is 0.173. The third kappa shape index (κ3) is 13.7. The molecule has 0 radical (unpaired) electrons. The number of carbonyl (C=O) groups excluding carboxylic acids is 2. The van der Waals surface area contributed by atoms with Gasteiger partial charge in [0.1, 0.15) is 11.4 Å². The van der Waals surface area contributed by atoms with Crippen LogP contribution in [0.25, 0.3) is 0 Å². The normalized spacial score (nSPS) is 17.2. The first kappa shape index (κ1) is 37.8.